The summed E-state index contributed by atoms with van der Waals surface area (Å²) in [6.45, 7) is 10.2. The van der Waals surface area contributed by atoms with Gasteiger partial charge >= 0.3 is 0 Å². The maximum atomic E-state index is 10.9. The number of nitrogens with zero attached hydrogens (tertiary/aromatic N) is 2. The highest BCUT2D eigenvalue weighted by Gasteiger charge is 2.17. The molecule has 0 radical (unpaired) electrons. The van der Waals surface area contributed by atoms with Gasteiger partial charge in [0.25, 0.3) is 0 Å². The van der Waals surface area contributed by atoms with Crippen LogP contribution in [0.3, 0.4) is 0 Å². The average Bonchev–Trinajstić information content (AvgIpc) is 2.34. The van der Waals surface area contributed by atoms with Gasteiger partial charge in [0.05, 0.1) is 0 Å². The second kappa shape index (κ2) is 7.63. The molecular formula is C12H26N4O. The molecule has 3 N–H and O–H groups in total. The van der Waals surface area contributed by atoms with E-state index in [2.05, 4.69) is 29.1 Å². The number of piperazine rings is 1. The van der Waals surface area contributed by atoms with Crippen LogP contribution in [0, 0.1) is 0 Å². The number of hydrogen-bond acceptors (Lipinski definition) is 4. The van der Waals surface area contributed by atoms with E-state index in [0.29, 0.717) is 12.5 Å². The predicted molar refractivity (Wildman–Crippen MR) is 69.3 cm³/mol. The lowest BCUT2D eigenvalue weighted by Crippen LogP contribution is -2.48. The van der Waals surface area contributed by atoms with Crippen LogP contribution in [0.1, 0.15) is 33.1 Å². The molecule has 1 aliphatic heterocycles. The molecule has 100 valence electrons. The zero-order valence-electron chi connectivity index (χ0n) is 11.1. The number of nitrogens with two attached hydrogens (primary N) is 1. The molecule has 1 saturated heterocycles. The maximum absolute atomic E-state index is 10.9. The van der Waals surface area contributed by atoms with Crippen molar-refractivity contribution in [1.29, 1.82) is 0 Å². The molecule has 17 heavy (non-hydrogen) atoms. The second-order valence-electron chi connectivity index (χ2n) is 5.00. The van der Waals surface area contributed by atoms with Gasteiger partial charge in [-0.15, -0.1) is 0 Å². The third-order valence-electron chi connectivity index (χ3n) is 3.43. The van der Waals surface area contributed by atoms with Crippen LogP contribution in [0.4, 0.5) is 0 Å². The van der Waals surface area contributed by atoms with E-state index in [9.17, 15) is 4.79 Å². The Bertz CT molecular complexity index is 225. The van der Waals surface area contributed by atoms with Crippen molar-refractivity contribution in [2.45, 2.75) is 39.2 Å². The van der Waals surface area contributed by atoms with Crippen LogP contribution >= 0.6 is 0 Å². The topological polar surface area (TPSA) is 61.6 Å². The van der Waals surface area contributed by atoms with Gasteiger partial charge < -0.3 is 4.90 Å². The standard InChI is InChI=1S/C12H26N4O/c1-11(2)16-9-7-15(8-10-16)6-4-3-5-12(17)14-13/h11H,3-10,13H2,1-2H3,(H,14,17). The number of hydrazine groups is 1. The Labute approximate surface area is 104 Å². The first-order chi connectivity index (χ1) is 8.13. The summed E-state index contributed by atoms with van der Waals surface area (Å²) in [6, 6.07) is 0.658. The summed E-state index contributed by atoms with van der Waals surface area (Å²) >= 11 is 0. The molecule has 0 unspecified atom stereocenters. The van der Waals surface area contributed by atoms with E-state index in [1.165, 1.54) is 13.1 Å². The number of nitrogens with one attached hydrogen (secondary N) is 1. The Morgan fingerprint density at radius 1 is 1.24 bits per heavy atom. The first-order valence-electron chi connectivity index (χ1n) is 6.59. The normalized spacial score (nSPS) is 18.6. The Morgan fingerprint density at radius 3 is 2.41 bits per heavy atom. The van der Waals surface area contributed by atoms with Crippen molar-refractivity contribution in [3.8, 4) is 0 Å². The first kappa shape index (κ1) is 14.4. The van der Waals surface area contributed by atoms with Crippen LogP contribution in [-0.4, -0.2) is 54.5 Å². The molecule has 5 nitrogen and oxygen atoms in total. The molecular weight excluding hydrogens is 216 g/mol. The molecule has 0 aliphatic carbocycles. The predicted octanol–water partition coefficient (Wildman–Crippen LogP) is 0.173. The van der Waals surface area contributed by atoms with Crippen LogP contribution in [0.5, 0.6) is 0 Å². The van der Waals surface area contributed by atoms with Crippen molar-refractivity contribution in [3.63, 3.8) is 0 Å². The molecule has 0 atom stereocenters. The van der Waals surface area contributed by atoms with Crippen molar-refractivity contribution in [2.75, 3.05) is 32.7 Å². The van der Waals surface area contributed by atoms with E-state index in [0.717, 1.165) is 32.5 Å². The highest BCUT2D eigenvalue weighted by Crippen LogP contribution is 2.07. The summed E-state index contributed by atoms with van der Waals surface area (Å²) in [6.07, 6.45) is 2.55. The highest BCUT2D eigenvalue weighted by molar-refractivity contribution is 5.75. The summed E-state index contributed by atoms with van der Waals surface area (Å²) < 4.78 is 0. The Morgan fingerprint density at radius 2 is 1.88 bits per heavy atom. The summed E-state index contributed by atoms with van der Waals surface area (Å²) in [5, 5.41) is 0. The van der Waals surface area contributed by atoms with E-state index in [-0.39, 0.29) is 5.91 Å². The minimum Gasteiger partial charge on any atom is -0.301 e. The number of rotatable bonds is 6. The first-order valence-corrected chi connectivity index (χ1v) is 6.59. The van der Waals surface area contributed by atoms with Gasteiger partial charge in [-0.25, -0.2) is 5.84 Å². The molecule has 1 aliphatic rings. The van der Waals surface area contributed by atoms with Gasteiger partial charge in [0.15, 0.2) is 0 Å². The lowest BCUT2D eigenvalue weighted by Gasteiger charge is -2.36. The number of unbranched alkanes of at least 4 members (excludes halogenated alkanes) is 1. The molecule has 0 saturated carbocycles. The van der Waals surface area contributed by atoms with E-state index in [1.54, 1.807) is 0 Å². The molecule has 1 fully saturated rings. The quantitative estimate of drug-likeness (QED) is 0.302. The molecule has 1 rings (SSSR count). The summed E-state index contributed by atoms with van der Waals surface area (Å²) in [4.78, 5) is 15.9. The van der Waals surface area contributed by atoms with Crippen LogP contribution < -0.4 is 11.3 Å². The van der Waals surface area contributed by atoms with Gasteiger partial charge in [0.2, 0.25) is 5.91 Å². The molecule has 1 amide bonds. The molecule has 0 bridgehead atoms. The van der Waals surface area contributed by atoms with Gasteiger partial charge in [-0.05, 0) is 33.2 Å². The van der Waals surface area contributed by atoms with E-state index >= 15 is 0 Å². The Hall–Kier alpha value is -0.650. The smallest absolute Gasteiger partial charge is 0.233 e. The Balaban J connectivity index is 2.04. The van der Waals surface area contributed by atoms with Crippen molar-refractivity contribution < 1.29 is 4.79 Å². The summed E-state index contributed by atoms with van der Waals surface area (Å²) in [7, 11) is 0. The SMILES string of the molecule is CC(C)N1CCN(CCCCC(=O)NN)CC1. The average molecular weight is 242 g/mol. The maximum Gasteiger partial charge on any atom is 0.233 e. The summed E-state index contributed by atoms with van der Waals surface area (Å²) in [5.41, 5.74) is 2.16. The van der Waals surface area contributed by atoms with Crippen LogP contribution in [0.2, 0.25) is 0 Å². The minimum atomic E-state index is -0.0605. The molecule has 0 aromatic carbocycles. The molecule has 0 spiro atoms. The number of carbonyl (C=O) groups is 1. The van der Waals surface area contributed by atoms with Crippen LogP contribution in [0.25, 0.3) is 0 Å². The van der Waals surface area contributed by atoms with Gasteiger partial charge in [-0.3, -0.25) is 15.1 Å². The molecule has 0 aromatic rings. The number of carbonyl (C=O) groups excluding carboxylic acids is 1. The third-order valence-corrected chi connectivity index (χ3v) is 3.43. The lowest BCUT2D eigenvalue weighted by atomic mass is 10.2. The van der Waals surface area contributed by atoms with Gasteiger partial charge in [0, 0.05) is 38.6 Å². The third kappa shape index (κ3) is 5.48. The Kier molecular flexibility index (Phi) is 6.47. The highest BCUT2D eigenvalue weighted by atomic mass is 16.2. The number of hydrogen-bond donors (Lipinski definition) is 2. The second-order valence-corrected chi connectivity index (χ2v) is 5.00. The fraction of sp³-hybridized carbons (Fsp3) is 0.917. The molecule has 5 heteroatoms. The fourth-order valence-electron chi connectivity index (χ4n) is 2.20. The van der Waals surface area contributed by atoms with Crippen molar-refractivity contribution in [3.05, 3.63) is 0 Å². The van der Waals surface area contributed by atoms with E-state index < -0.39 is 0 Å². The number of amides is 1. The van der Waals surface area contributed by atoms with Gasteiger partial charge in [0.1, 0.15) is 0 Å². The monoisotopic (exact) mass is 242 g/mol. The zero-order chi connectivity index (χ0) is 12.7. The van der Waals surface area contributed by atoms with Gasteiger partial charge in [-0.1, -0.05) is 0 Å². The van der Waals surface area contributed by atoms with Crippen molar-refractivity contribution >= 4 is 5.91 Å². The van der Waals surface area contributed by atoms with Gasteiger partial charge in [-0.2, -0.15) is 0 Å². The zero-order valence-corrected chi connectivity index (χ0v) is 11.1. The van der Waals surface area contributed by atoms with Crippen LogP contribution in [-0.2, 0) is 4.79 Å². The fourth-order valence-corrected chi connectivity index (χ4v) is 2.20. The molecule has 1 heterocycles. The van der Waals surface area contributed by atoms with E-state index in [1.807, 2.05) is 0 Å². The van der Waals surface area contributed by atoms with Crippen molar-refractivity contribution in [2.24, 2.45) is 5.84 Å². The lowest BCUT2D eigenvalue weighted by molar-refractivity contribution is -0.121. The summed E-state index contributed by atoms with van der Waals surface area (Å²) in [5.74, 6) is 4.96. The largest absolute Gasteiger partial charge is 0.301 e. The molecule has 0 aromatic heterocycles. The van der Waals surface area contributed by atoms with Crippen LogP contribution in [0.15, 0.2) is 0 Å². The minimum absolute atomic E-state index is 0.0605. The van der Waals surface area contributed by atoms with Crippen molar-refractivity contribution in [1.82, 2.24) is 15.2 Å². The van der Waals surface area contributed by atoms with E-state index in [4.69, 9.17) is 5.84 Å².